The number of nitrogens with zero attached hydrogens (tertiary/aromatic N) is 2. The zero-order valence-electron chi connectivity index (χ0n) is 34.1. The summed E-state index contributed by atoms with van der Waals surface area (Å²) in [6.07, 6.45) is 0. The van der Waals surface area contributed by atoms with Gasteiger partial charge in [0.25, 0.3) is 0 Å². The summed E-state index contributed by atoms with van der Waals surface area (Å²) in [5.74, 6) is 0. The van der Waals surface area contributed by atoms with Gasteiger partial charge in [0.1, 0.15) is 0 Å². The van der Waals surface area contributed by atoms with E-state index < -0.39 is 0 Å². The minimum atomic E-state index is 1.07. The van der Waals surface area contributed by atoms with E-state index in [0.29, 0.717) is 0 Å². The first kappa shape index (κ1) is 36.8. The Hall–Kier alpha value is -8.20. The van der Waals surface area contributed by atoms with E-state index in [-0.39, 0.29) is 0 Å². The second-order valence-corrected chi connectivity index (χ2v) is 15.7. The van der Waals surface area contributed by atoms with Gasteiger partial charge in [-0.1, -0.05) is 212 Å². The lowest BCUT2D eigenvalue weighted by molar-refractivity contribution is 1.18. The molecule has 0 saturated carbocycles. The van der Waals surface area contributed by atoms with E-state index in [4.69, 9.17) is 0 Å². The maximum absolute atomic E-state index is 2.46. The van der Waals surface area contributed by atoms with Crippen molar-refractivity contribution in [2.75, 3.05) is 4.90 Å². The highest BCUT2D eigenvalue weighted by atomic mass is 15.1. The van der Waals surface area contributed by atoms with Crippen LogP contribution in [-0.4, -0.2) is 4.57 Å². The van der Waals surface area contributed by atoms with Crippen LogP contribution in [0.2, 0.25) is 0 Å². The first-order chi connectivity index (χ1) is 30.8. The summed E-state index contributed by atoms with van der Waals surface area (Å²) >= 11 is 0. The van der Waals surface area contributed by atoms with Gasteiger partial charge in [-0.25, -0.2) is 0 Å². The van der Waals surface area contributed by atoms with E-state index >= 15 is 0 Å². The fourth-order valence-corrected chi connectivity index (χ4v) is 9.20. The molecule has 11 aromatic rings. The molecule has 0 amide bonds. The normalized spacial score (nSPS) is 11.2. The minimum Gasteiger partial charge on any atom is -0.310 e. The van der Waals surface area contributed by atoms with E-state index in [0.717, 1.165) is 39.4 Å². The standard InChI is InChI=1S/C60H42N2/c1-5-21-43(22-6-1)49-29-13-14-31-51(49)46-37-39-55(53-33-16-15-30-50(53)44-23-7-2-8-24-44)59(41-46)61(47-27-11-4-12-28-47)48-38-40-56-54-34-18-20-36-58(54)62(60(56)42-48)57-35-19-17-32-52(57)45-25-9-3-10-26-45/h1-42H. The fraction of sp³-hybridized carbons (Fsp3) is 0. The molecule has 62 heavy (non-hydrogen) atoms. The highest BCUT2D eigenvalue weighted by Gasteiger charge is 2.23. The molecule has 11 rings (SSSR count). The molecule has 2 nitrogen and oxygen atoms in total. The summed E-state index contributed by atoms with van der Waals surface area (Å²) in [7, 11) is 0. The lowest BCUT2D eigenvalue weighted by Gasteiger charge is -2.29. The maximum Gasteiger partial charge on any atom is 0.0562 e. The Morgan fingerprint density at radius 3 is 1.37 bits per heavy atom. The molecule has 1 heterocycles. The van der Waals surface area contributed by atoms with Crippen LogP contribution in [0.15, 0.2) is 255 Å². The van der Waals surface area contributed by atoms with Crippen LogP contribution < -0.4 is 4.90 Å². The number of benzene rings is 10. The highest BCUT2D eigenvalue weighted by Crippen LogP contribution is 2.47. The van der Waals surface area contributed by atoms with Gasteiger partial charge >= 0.3 is 0 Å². The van der Waals surface area contributed by atoms with Crippen molar-refractivity contribution >= 4 is 38.9 Å². The average molecular weight is 791 g/mol. The Morgan fingerprint density at radius 1 is 0.258 bits per heavy atom. The lowest BCUT2D eigenvalue weighted by Crippen LogP contribution is -2.12. The average Bonchev–Trinajstić information content (AvgIpc) is 3.69. The molecule has 292 valence electrons. The second kappa shape index (κ2) is 16.1. The Balaban J connectivity index is 1.20. The Bertz CT molecular complexity index is 3330. The van der Waals surface area contributed by atoms with Crippen LogP contribution in [0.5, 0.6) is 0 Å². The number of hydrogen-bond acceptors (Lipinski definition) is 1. The quantitative estimate of drug-likeness (QED) is 0.141. The summed E-state index contributed by atoms with van der Waals surface area (Å²) in [4.78, 5) is 2.45. The van der Waals surface area contributed by atoms with Gasteiger partial charge in [-0.3, -0.25) is 0 Å². The van der Waals surface area contributed by atoms with Crippen molar-refractivity contribution in [2.45, 2.75) is 0 Å². The minimum absolute atomic E-state index is 1.07. The van der Waals surface area contributed by atoms with E-state index in [1.165, 1.54) is 60.8 Å². The van der Waals surface area contributed by atoms with Crippen LogP contribution in [-0.2, 0) is 0 Å². The maximum atomic E-state index is 2.46. The molecule has 0 aliphatic carbocycles. The molecule has 0 radical (unpaired) electrons. The zero-order chi connectivity index (χ0) is 41.2. The predicted molar refractivity (Wildman–Crippen MR) is 263 cm³/mol. The second-order valence-electron chi connectivity index (χ2n) is 15.7. The van der Waals surface area contributed by atoms with Gasteiger partial charge in [0.15, 0.2) is 0 Å². The zero-order valence-corrected chi connectivity index (χ0v) is 34.1. The van der Waals surface area contributed by atoms with Crippen molar-refractivity contribution in [2.24, 2.45) is 0 Å². The third-order valence-corrected chi connectivity index (χ3v) is 12.0. The number of hydrogen-bond donors (Lipinski definition) is 0. The predicted octanol–water partition coefficient (Wildman–Crippen LogP) is 16.6. The fourth-order valence-electron chi connectivity index (χ4n) is 9.20. The van der Waals surface area contributed by atoms with Gasteiger partial charge in [-0.15, -0.1) is 0 Å². The molecule has 10 aromatic carbocycles. The third-order valence-electron chi connectivity index (χ3n) is 12.0. The van der Waals surface area contributed by atoms with E-state index in [1.54, 1.807) is 0 Å². The summed E-state index contributed by atoms with van der Waals surface area (Å²) in [6.45, 7) is 0. The third kappa shape index (κ3) is 6.65. The van der Waals surface area contributed by atoms with Gasteiger partial charge in [0, 0.05) is 33.3 Å². The largest absolute Gasteiger partial charge is 0.310 e. The molecule has 0 unspecified atom stereocenters. The smallest absolute Gasteiger partial charge is 0.0562 e. The first-order valence-electron chi connectivity index (χ1n) is 21.3. The van der Waals surface area contributed by atoms with Crippen LogP contribution in [0.4, 0.5) is 17.1 Å². The van der Waals surface area contributed by atoms with E-state index in [9.17, 15) is 0 Å². The van der Waals surface area contributed by atoms with Crippen molar-refractivity contribution in [1.82, 2.24) is 4.57 Å². The lowest BCUT2D eigenvalue weighted by atomic mass is 9.89. The van der Waals surface area contributed by atoms with Crippen LogP contribution in [0.1, 0.15) is 0 Å². The van der Waals surface area contributed by atoms with Crippen LogP contribution in [0.25, 0.3) is 83.1 Å². The van der Waals surface area contributed by atoms with Gasteiger partial charge in [-0.2, -0.15) is 0 Å². The molecular weight excluding hydrogens is 749 g/mol. The van der Waals surface area contributed by atoms with Gasteiger partial charge in [0.2, 0.25) is 0 Å². The van der Waals surface area contributed by atoms with Gasteiger partial charge in [-0.05, 0) is 87.0 Å². The summed E-state index contributed by atoms with van der Waals surface area (Å²) in [5.41, 5.74) is 18.5. The van der Waals surface area contributed by atoms with Crippen molar-refractivity contribution in [3.63, 3.8) is 0 Å². The highest BCUT2D eigenvalue weighted by molar-refractivity contribution is 6.11. The topological polar surface area (TPSA) is 8.17 Å². The first-order valence-corrected chi connectivity index (χ1v) is 21.3. The number of rotatable bonds is 9. The van der Waals surface area contributed by atoms with Gasteiger partial charge in [0.05, 0.1) is 22.4 Å². The molecule has 0 aliphatic rings. The van der Waals surface area contributed by atoms with Crippen LogP contribution in [0.3, 0.4) is 0 Å². The molecule has 0 atom stereocenters. The van der Waals surface area contributed by atoms with Gasteiger partial charge < -0.3 is 9.47 Å². The number of para-hydroxylation sites is 3. The molecule has 0 N–H and O–H groups in total. The Morgan fingerprint density at radius 2 is 0.726 bits per heavy atom. The Labute approximate surface area is 362 Å². The van der Waals surface area contributed by atoms with E-state index in [1.807, 2.05) is 0 Å². The summed E-state index contributed by atoms with van der Waals surface area (Å²) in [6, 6.07) is 92.2. The molecule has 0 saturated heterocycles. The number of fused-ring (bicyclic) bond motifs is 3. The van der Waals surface area contributed by atoms with Crippen LogP contribution >= 0.6 is 0 Å². The number of aromatic nitrogens is 1. The van der Waals surface area contributed by atoms with Crippen molar-refractivity contribution in [3.8, 4) is 61.3 Å². The van der Waals surface area contributed by atoms with Crippen molar-refractivity contribution in [1.29, 1.82) is 0 Å². The molecule has 0 bridgehead atoms. The molecule has 0 aliphatic heterocycles. The van der Waals surface area contributed by atoms with Crippen molar-refractivity contribution < 1.29 is 0 Å². The molecular formula is C60H42N2. The molecule has 2 heteroatoms. The molecule has 0 fully saturated rings. The molecule has 1 aromatic heterocycles. The number of anilines is 3. The Kier molecular flexibility index (Phi) is 9.57. The summed E-state index contributed by atoms with van der Waals surface area (Å²) < 4.78 is 2.46. The SMILES string of the molecule is c1ccc(-c2ccccc2-c2ccc(-c3ccccc3-c3ccccc3)c(N(c3ccccc3)c3ccc4c5ccccc5n(-c5ccccc5-c5ccccc5)c4c3)c2)cc1. The van der Waals surface area contributed by atoms with Crippen molar-refractivity contribution in [3.05, 3.63) is 255 Å². The molecule has 0 spiro atoms. The van der Waals surface area contributed by atoms with E-state index in [2.05, 4.69) is 264 Å². The van der Waals surface area contributed by atoms with Crippen LogP contribution in [0, 0.1) is 0 Å². The monoisotopic (exact) mass is 790 g/mol. The summed E-state index contributed by atoms with van der Waals surface area (Å²) in [5, 5.41) is 2.43.